The van der Waals surface area contributed by atoms with E-state index in [1.165, 1.54) is 11.3 Å². The molecule has 1 aromatic heterocycles. The van der Waals surface area contributed by atoms with Crippen LogP contribution in [0.3, 0.4) is 0 Å². The van der Waals surface area contributed by atoms with Crippen LogP contribution in [0.25, 0.3) is 0 Å². The maximum absolute atomic E-state index is 5.54. The third kappa shape index (κ3) is 4.89. The number of ether oxygens (including phenoxy) is 1. The van der Waals surface area contributed by atoms with Crippen LogP contribution in [0.15, 0.2) is 29.3 Å². The molecule has 1 fully saturated rings. The van der Waals surface area contributed by atoms with Gasteiger partial charge in [0, 0.05) is 44.0 Å². The monoisotopic (exact) mass is 412 g/mol. The molecule has 1 aromatic carbocycles. The van der Waals surface area contributed by atoms with Crippen LogP contribution in [0.2, 0.25) is 0 Å². The van der Waals surface area contributed by atoms with Crippen LogP contribution in [0.1, 0.15) is 44.1 Å². The van der Waals surface area contributed by atoms with Crippen LogP contribution in [0.5, 0.6) is 5.75 Å². The van der Waals surface area contributed by atoms with Crippen LogP contribution in [-0.4, -0.2) is 48.5 Å². The Balaban J connectivity index is 1.69. The number of para-hydroxylation sites is 2. The first-order valence-corrected chi connectivity index (χ1v) is 11.1. The molecule has 2 heterocycles. The summed E-state index contributed by atoms with van der Waals surface area (Å²) in [6.07, 6.45) is 2.96. The van der Waals surface area contributed by atoms with E-state index < -0.39 is 0 Å². The minimum atomic E-state index is 0.345. The van der Waals surface area contributed by atoms with Gasteiger partial charge >= 0.3 is 0 Å². The summed E-state index contributed by atoms with van der Waals surface area (Å²) in [5.41, 5.74) is 4.84. The van der Waals surface area contributed by atoms with Crippen molar-refractivity contribution in [1.29, 1.82) is 0 Å². The van der Waals surface area contributed by atoms with Gasteiger partial charge in [-0.3, -0.25) is 4.68 Å². The second-order valence-corrected chi connectivity index (χ2v) is 7.65. The molecule has 0 spiro atoms. The van der Waals surface area contributed by atoms with Crippen LogP contribution in [0.4, 0.5) is 5.69 Å². The Morgan fingerprint density at radius 2 is 2.03 bits per heavy atom. The number of hydrogen-bond donors (Lipinski definition) is 2. The summed E-state index contributed by atoms with van der Waals surface area (Å²) >= 11 is 0. The summed E-state index contributed by atoms with van der Waals surface area (Å²) in [6, 6.07) is 8.57. The Morgan fingerprint density at radius 1 is 1.23 bits per heavy atom. The largest absolute Gasteiger partial charge is 0.495 e. The number of methoxy groups -OCH3 is 1. The number of aliphatic imine (C=N–C) groups is 1. The Kier molecular flexibility index (Phi) is 7.60. The topological polar surface area (TPSA) is 66.7 Å². The minimum absolute atomic E-state index is 0.345. The predicted octanol–water partition coefficient (Wildman–Crippen LogP) is 2.89. The average Bonchev–Trinajstić information content (AvgIpc) is 3.35. The minimum Gasteiger partial charge on any atom is -0.495 e. The number of nitrogens with zero attached hydrogens (tertiary/aromatic N) is 4. The second kappa shape index (κ2) is 10.4. The molecular formula is C23H36N6O. The van der Waals surface area contributed by atoms with Gasteiger partial charge < -0.3 is 20.3 Å². The Bertz CT molecular complexity index is 859. The standard InChI is InChI=1S/C23H36N6O/c1-6-19-18(20(7-2)28(4)27-19)15-25-23(24-8-3)26-17-13-14-29(16-17)21-11-9-10-12-22(21)30-5/h9-12,17H,6-8,13-16H2,1-5H3,(H2,24,25,26). The molecule has 7 nitrogen and oxygen atoms in total. The molecule has 0 radical (unpaired) electrons. The predicted molar refractivity (Wildman–Crippen MR) is 124 cm³/mol. The van der Waals surface area contributed by atoms with E-state index in [9.17, 15) is 0 Å². The molecule has 0 amide bonds. The molecule has 0 bridgehead atoms. The zero-order valence-corrected chi connectivity index (χ0v) is 19.0. The molecule has 0 aliphatic carbocycles. The Morgan fingerprint density at radius 3 is 2.73 bits per heavy atom. The lowest BCUT2D eigenvalue weighted by molar-refractivity contribution is 0.415. The molecule has 2 N–H and O–H groups in total. The highest BCUT2D eigenvalue weighted by atomic mass is 16.5. The third-order valence-corrected chi connectivity index (χ3v) is 5.72. The molecule has 1 saturated heterocycles. The maximum atomic E-state index is 5.54. The van der Waals surface area contributed by atoms with Gasteiger partial charge in [0.1, 0.15) is 5.75 Å². The number of hydrogen-bond acceptors (Lipinski definition) is 4. The van der Waals surface area contributed by atoms with Gasteiger partial charge in [-0.2, -0.15) is 5.10 Å². The van der Waals surface area contributed by atoms with Crippen LogP contribution in [-0.2, 0) is 26.4 Å². The lowest BCUT2D eigenvalue weighted by Crippen LogP contribution is -2.44. The molecule has 1 aliphatic rings. The van der Waals surface area contributed by atoms with Gasteiger partial charge in [0.05, 0.1) is 25.0 Å². The molecule has 7 heteroatoms. The van der Waals surface area contributed by atoms with Gasteiger partial charge in [-0.15, -0.1) is 0 Å². The van der Waals surface area contributed by atoms with Crippen molar-refractivity contribution in [1.82, 2.24) is 20.4 Å². The highest BCUT2D eigenvalue weighted by Crippen LogP contribution is 2.30. The van der Waals surface area contributed by atoms with Gasteiger partial charge in [0.15, 0.2) is 5.96 Å². The zero-order valence-electron chi connectivity index (χ0n) is 19.0. The van der Waals surface area contributed by atoms with Gasteiger partial charge in [-0.25, -0.2) is 4.99 Å². The number of aromatic nitrogens is 2. The van der Waals surface area contributed by atoms with E-state index in [-0.39, 0.29) is 0 Å². The van der Waals surface area contributed by atoms with Crippen LogP contribution >= 0.6 is 0 Å². The molecule has 1 aliphatic heterocycles. The Hall–Kier alpha value is -2.70. The maximum Gasteiger partial charge on any atom is 0.191 e. The summed E-state index contributed by atoms with van der Waals surface area (Å²) in [4.78, 5) is 7.29. The lowest BCUT2D eigenvalue weighted by atomic mass is 10.1. The fourth-order valence-corrected chi connectivity index (χ4v) is 4.23. The van der Waals surface area contributed by atoms with E-state index in [1.54, 1.807) is 7.11 Å². The molecule has 3 rings (SSSR count). The van der Waals surface area contributed by atoms with E-state index in [4.69, 9.17) is 9.73 Å². The SMILES string of the molecule is CCNC(=NCc1c(CC)nn(C)c1CC)NC1CCN(c2ccccc2OC)C1. The number of guanidine groups is 1. The summed E-state index contributed by atoms with van der Waals surface area (Å²) in [5, 5.41) is 11.7. The summed E-state index contributed by atoms with van der Waals surface area (Å²) in [7, 11) is 3.76. The summed E-state index contributed by atoms with van der Waals surface area (Å²) in [5.74, 6) is 1.80. The van der Waals surface area contributed by atoms with Crippen LogP contribution in [0, 0.1) is 0 Å². The van der Waals surface area contributed by atoms with Crippen molar-refractivity contribution in [2.75, 3.05) is 31.6 Å². The summed E-state index contributed by atoms with van der Waals surface area (Å²) in [6.45, 7) is 9.85. The quantitative estimate of drug-likeness (QED) is 0.516. The first-order valence-electron chi connectivity index (χ1n) is 11.1. The average molecular weight is 413 g/mol. The number of aryl methyl sites for hydroxylation is 2. The number of anilines is 1. The van der Waals surface area contributed by atoms with E-state index in [2.05, 4.69) is 53.5 Å². The van der Waals surface area contributed by atoms with Crippen molar-refractivity contribution in [3.8, 4) is 5.75 Å². The first kappa shape index (κ1) is 22.0. The van der Waals surface area contributed by atoms with Crippen molar-refractivity contribution in [3.05, 3.63) is 41.2 Å². The van der Waals surface area contributed by atoms with Gasteiger partial charge in [0.25, 0.3) is 0 Å². The number of rotatable bonds is 8. The van der Waals surface area contributed by atoms with Crippen molar-refractivity contribution in [2.45, 2.75) is 52.6 Å². The molecular weight excluding hydrogens is 376 g/mol. The third-order valence-electron chi connectivity index (χ3n) is 5.72. The van der Waals surface area contributed by atoms with E-state index >= 15 is 0 Å². The van der Waals surface area contributed by atoms with Crippen molar-refractivity contribution < 1.29 is 4.74 Å². The van der Waals surface area contributed by atoms with Crippen molar-refractivity contribution in [2.24, 2.45) is 12.0 Å². The summed E-state index contributed by atoms with van der Waals surface area (Å²) < 4.78 is 7.55. The molecule has 1 atom stereocenters. The Labute approximate surface area is 180 Å². The normalized spacial score (nSPS) is 16.8. The first-order chi connectivity index (χ1) is 14.6. The molecule has 164 valence electrons. The van der Waals surface area contributed by atoms with Crippen LogP contribution < -0.4 is 20.3 Å². The smallest absolute Gasteiger partial charge is 0.191 e. The molecule has 0 saturated carbocycles. The number of benzene rings is 1. The van der Waals surface area contributed by atoms with Crippen molar-refractivity contribution >= 4 is 11.6 Å². The zero-order chi connectivity index (χ0) is 21.5. The van der Waals surface area contributed by atoms with E-state index in [1.807, 2.05) is 23.9 Å². The second-order valence-electron chi connectivity index (χ2n) is 7.65. The fraction of sp³-hybridized carbons (Fsp3) is 0.565. The molecule has 30 heavy (non-hydrogen) atoms. The van der Waals surface area contributed by atoms with E-state index in [0.717, 1.165) is 62.0 Å². The molecule has 2 aromatic rings. The van der Waals surface area contributed by atoms with Gasteiger partial charge in [-0.1, -0.05) is 26.0 Å². The van der Waals surface area contributed by atoms with Gasteiger partial charge in [-0.05, 0) is 38.3 Å². The van der Waals surface area contributed by atoms with Gasteiger partial charge in [0.2, 0.25) is 0 Å². The highest BCUT2D eigenvalue weighted by molar-refractivity contribution is 5.80. The highest BCUT2D eigenvalue weighted by Gasteiger charge is 2.25. The molecule has 1 unspecified atom stereocenters. The van der Waals surface area contributed by atoms with E-state index in [0.29, 0.717) is 12.6 Å². The number of nitrogens with one attached hydrogen (secondary N) is 2. The van der Waals surface area contributed by atoms with Crippen molar-refractivity contribution in [3.63, 3.8) is 0 Å². The lowest BCUT2D eigenvalue weighted by Gasteiger charge is -2.22. The fourth-order valence-electron chi connectivity index (χ4n) is 4.23.